The first-order valence-corrected chi connectivity index (χ1v) is 9.77. The van der Waals surface area contributed by atoms with Gasteiger partial charge in [0.15, 0.2) is 0 Å². The molecule has 7 nitrogen and oxygen atoms in total. The van der Waals surface area contributed by atoms with E-state index in [0.717, 1.165) is 64.5 Å². The zero-order valence-corrected chi connectivity index (χ0v) is 15.7. The summed E-state index contributed by atoms with van der Waals surface area (Å²) < 4.78 is 1.95. The second-order valence-corrected chi connectivity index (χ2v) is 7.29. The summed E-state index contributed by atoms with van der Waals surface area (Å²) in [6.45, 7) is 8.43. The second-order valence-electron chi connectivity index (χ2n) is 7.29. The van der Waals surface area contributed by atoms with Crippen molar-refractivity contribution >= 4 is 5.91 Å². The highest BCUT2D eigenvalue weighted by Crippen LogP contribution is 2.18. The van der Waals surface area contributed by atoms with Crippen LogP contribution >= 0.6 is 0 Å². The van der Waals surface area contributed by atoms with Crippen LogP contribution in [0.4, 0.5) is 0 Å². The Labute approximate surface area is 151 Å². The van der Waals surface area contributed by atoms with E-state index in [4.69, 9.17) is 0 Å². The van der Waals surface area contributed by atoms with Crippen LogP contribution in [0.3, 0.4) is 0 Å². The largest absolute Gasteiger partial charge is 0.340 e. The Bertz CT molecular complexity index is 560. The van der Waals surface area contributed by atoms with E-state index in [0.29, 0.717) is 5.91 Å². The van der Waals surface area contributed by atoms with E-state index in [-0.39, 0.29) is 6.04 Å². The number of aryl methyl sites for hydroxylation is 1. The number of hydrogen-bond acceptors (Lipinski definition) is 5. The quantitative estimate of drug-likeness (QED) is 0.818. The van der Waals surface area contributed by atoms with Crippen molar-refractivity contribution in [3.63, 3.8) is 0 Å². The Morgan fingerprint density at radius 2 is 2.00 bits per heavy atom. The van der Waals surface area contributed by atoms with Crippen molar-refractivity contribution in [2.45, 2.75) is 58.2 Å². The minimum Gasteiger partial charge on any atom is -0.340 e. The molecule has 2 aliphatic rings. The van der Waals surface area contributed by atoms with E-state index in [2.05, 4.69) is 38.8 Å². The Morgan fingerprint density at radius 3 is 2.84 bits per heavy atom. The summed E-state index contributed by atoms with van der Waals surface area (Å²) in [6.07, 6.45) is 7.31. The molecule has 2 saturated heterocycles. The molecule has 140 valence electrons. The highest BCUT2D eigenvalue weighted by Gasteiger charge is 2.30. The molecule has 1 unspecified atom stereocenters. The predicted molar refractivity (Wildman–Crippen MR) is 97.1 cm³/mol. The lowest BCUT2D eigenvalue weighted by molar-refractivity contribution is -0.136. The van der Waals surface area contributed by atoms with Crippen LogP contribution < -0.4 is 0 Å². The number of likely N-dealkylation sites (tertiary alicyclic amines) is 1. The molecule has 0 aliphatic carbocycles. The molecule has 2 aliphatic heterocycles. The molecule has 0 radical (unpaired) electrons. The first kappa shape index (κ1) is 18.3. The standard InChI is InChI=1S/C18H32N6O/c1-3-24-17(19-15-20-24)14-22-10-7-11-23(13-12-22)18(25)16-8-5-4-6-9-21(16)2/h15-16H,3-14H2,1-2H3. The minimum atomic E-state index is 0.0808. The Balaban J connectivity index is 1.56. The van der Waals surface area contributed by atoms with Crippen molar-refractivity contribution < 1.29 is 4.79 Å². The summed E-state index contributed by atoms with van der Waals surface area (Å²) >= 11 is 0. The van der Waals surface area contributed by atoms with Gasteiger partial charge in [0, 0.05) is 32.7 Å². The van der Waals surface area contributed by atoms with Gasteiger partial charge in [-0.25, -0.2) is 9.67 Å². The van der Waals surface area contributed by atoms with Crippen LogP contribution in [-0.2, 0) is 17.9 Å². The van der Waals surface area contributed by atoms with Crippen molar-refractivity contribution in [3.8, 4) is 0 Å². The fourth-order valence-electron chi connectivity index (χ4n) is 4.00. The molecular formula is C18H32N6O. The summed E-state index contributed by atoms with van der Waals surface area (Å²) in [6, 6.07) is 0.0808. The molecule has 1 amide bonds. The Kier molecular flexibility index (Phi) is 6.42. The summed E-state index contributed by atoms with van der Waals surface area (Å²) in [5.74, 6) is 1.36. The van der Waals surface area contributed by atoms with Gasteiger partial charge < -0.3 is 4.90 Å². The average molecular weight is 348 g/mol. The zero-order valence-electron chi connectivity index (χ0n) is 15.7. The first-order chi connectivity index (χ1) is 12.2. The zero-order chi connectivity index (χ0) is 17.6. The molecule has 1 atom stereocenters. The van der Waals surface area contributed by atoms with Crippen LogP contribution in [0.5, 0.6) is 0 Å². The predicted octanol–water partition coefficient (Wildman–Crippen LogP) is 1.21. The number of likely N-dealkylation sites (N-methyl/N-ethyl adjacent to an activating group) is 1. The maximum absolute atomic E-state index is 13.0. The lowest BCUT2D eigenvalue weighted by Crippen LogP contribution is -2.48. The van der Waals surface area contributed by atoms with Crippen molar-refractivity contribution in [1.29, 1.82) is 0 Å². The third-order valence-corrected chi connectivity index (χ3v) is 5.57. The van der Waals surface area contributed by atoms with Gasteiger partial charge in [0.25, 0.3) is 0 Å². The molecular weight excluding hydrogens is 316 g/mol. The summed E-state index contributed by atoms with van der Waals surface area (Å²) in [4.78, 5) is 24.2. The molecule has 0 bridgehead atoms. The van der Waals surface area contributed by atoms with Crippen molar-refractivity contribution in [3.05, 3.63) is 12.2 Å². The Morgan fingerprint density at radius 1 is 1.12 bits per heavy atom. The van der Waals surface area contributed by atoms with Crippen LogP contribution in [0.15, 0.2) is 6.33 Å². The van der Waals surface area contributed by atoms with Crippen molar-refractivity contribution in [1.82, 2.24) is 29.5 Å². The monoisotopic (exact) mass is 348 g/mol. The van der Waals surface area contributed by atoms with E-state index < -0.39 is 0 Å². The molecule has 0 spiro atoms. The van der Waals surface area contributed by atoms with Gasteiger partial charge in [0.05, 0.1) is 12.6 Å². The molecule has 25 heavy (non-hydrogen) atoms. The first-order valence-electron chi connectivity index (χ1n) is 9.77. The van der Waals surface area contributed by atoms with E-state index in [1.165, 1.54) is 19.3 Å². The number of carbonyl (C=O) groups excluding carboxylic acids is 1. The van der Waals surface area contributed by atoms with Crippen molar-refractivity contribution in [2.75, 3.05) is 39.8 Å². The maximum Gasteiger partial charge on any atom is 0.239 e. The number of carbonyl (C=O) groups is 1. The summed E-state index contributed by atoms with van der Waals surface area (Å²) in [7, 11) is 2.11. The fourth-order valence-corrected chi connectivity index (χ4v) is 4.00. The van der Waals surface area contributed by atoms with Gasteiger partial charge in [0.1, 0.15) is 12.2 Å². The van der Waals surface area contributed by atoms with Crippen molar-refractivity contribution in [2.24, 2.45) is 0 Å². The normalized spacial score (nSPS) is 24.1. The molecule has 1 aromatic heterocycles. The smallest absolute Gasteiger partial charge is 0.239 e. The molecule has 7 heteroatoms. The van der Waals surface area contributed by atoms with Gasteiger partial charge in [-0.1, -0.05) is 12.8 Å². The van der Waals surface area contributed by atoms with Gasteiger partial charge in [-0.3, -0.25) is 14.6 Å². The molecule has 0 N–H and O–H groups in total. The van der Waals surface area contributed by atoms with Gasteiger partial charge in [0.2, 0.25) is 5.91 Å². The lowest BCUT2D eigenvalue weighted by Gasteiger charge is -2.30. The molecule has 3 heterocycles. The topological polar surface area (TPSA) is 57.5 Å². The number of hydrogen-bond donors (Lipinski definition) is 0. The number of nitrogens with zero attached hydrogens (tertiary/aromatic N) is 6. The summed E-state index contributed by atoms with van der Waals surface area (Å²) in [5.41, 5.74) is 0. The van der Waals surface area contributed by atoms with E-state index in [1.807, 2.05) is 4.68 Å². The molecule has 0 saturated carbocycles. The number of amides is 1. The maximum atomic E-state index is 13.0. The van der Waals surface area contributed by atoms with E-state index >= 15 is 0 Å². The third kappa shape index (κ3) is 4.58. The van der Waals surface area contributed by atoms with Crippen LogP contribution in [0.2, 0.25) is 0 Å². The highest BCUT2D eigenvalue weighted by atomic mass is 16.2. The lowest BCUT2D eigenvalue weighted by atomic mass is 10.1. The molecule has 1 aromatic rings. The SMILES string of the molecule is CCn1ncnc1CN1CCCN(C(=O)C2CCCCCN2C)CC1. The summed E-state index contributed by atoms with van der Waals surface area (Å²) in [5, 5.41) is 4.25. The van der Waals surface area contributed by atoms with Gasteiger partial charge in [-0.05, 0) is 39.8 Å². The minimum absolute atomic E-state index is 0.0808. The van der Waals surface area contributed by atoms with E-state index in [1.54, 1.807) is 6.33 Å². The second kappa shape index (κ2) is 8.76. The number of rotatable bonds is 4. The van der Waals surface area contributed by atoms with Crippen LogP contribution in [0.25, 0.3) is 0 Å². The van der Waals surface area contributed by atoms with Gasteiger partial charge in [-0.2, -0.15) is 5.10 Å². The molecule has 2 fully saturated rings. The van der Waals surface area contributed by atoms with Gasteiger partial charge >= 0.3 is 0 Å². The van der Waals surface area contributed by atoms with Crippen LogP contribution in [0, 0.1) is 0 Å². The highest BCUT2D eigenvalue weighted by molar-refractivity contribution is 5.82. The number of aromatic nitrogens is 3. The Hall–Kier alpha value is -1.47. The fraction of sp³-hybridized carbons (Fsp3) is 0.833. The van der Waals surface area contributed by atoms with Gasteiger partial charge in [-0.15, -0.1) is 0 Å². The van der Waals surface area contributed by atoms with E-state index in [9.17, 15) is 4.79 Å². The third-order valence-electron chi connectivity index (χ3n) is 5.57. The average Bonchev–Trinajstić information content (AvgIpc) is 2.79. The molecule has 3 rings (SSSR count). The van der Waals surface area contributed by atoms with Crippen LogP contribution in [-0.4, -0.2) is 81.2 Å². The van der Waals surface area contributed by atoms with Crippen LogP contribution in [0.1, 0.15) is 44.9 Å². The molecule has 0 aromatic carbocycles.